The van der Waals surface area contributed by atoms with Crippen LogP contribution in [-0.2, 0) is 21.5 Å². The summed E-state index contributed by atoms with van der Waals surface area (Å²) in [6.07, 6.45) is 5.98. The van der Waals surface area contributed by atoms with Gasteiger partial charge in [-0.3, -0.25) is 29.6 Å². The van der Waals surface area contributed by atoms with E-state index in [9.17, 15) is 14.4 Å². The van der Waals surface area contributed by atoms with Crippen LogP contribution in [0, 0.1) is 0 Å². The van der Waals surface area contributed by atoms with Crippen molar-refractivity contribution in [1.82, 2.24) is 15.1 Å². The normalized spacial score (nSPS) is 22.8. The maximum atomic E-state index is 13.2. The zero-order valence-electron chi connectivity index (χ0n) is 21.5. The number of nitrogens with two attached hydrogens (primary N) is 1. The van der Waals surface area contributed by atoms with Crippen LogP contribution < -0.4 is 15.8 Å². The molecule has 2 aromatic carbocycles. The molecule has 1 spiro atoms. The number of aliphatic imine (C=N–C) groups is 1. The van der Waals surface area contributed by atoms with E-state index in [2.05, 4.69) is 15.2 Å². The summed E-state index contributed by atoms with van der Waals surface area (Å²) in [5.74, 6) is -0.0786. The van der Waals surface area contributed by atoms with E-state index in [-0.39, 0.29) is 23.7 Å². The van der Waals surface area contributed by atoms with Crippen molar-refractivity contribution in [3.8, 4) is 5.75 Å². The van der Waals surface area contributed by atoms with Crippen LogP contribution in [0.15, 0.2) is 53.2 Å². The van der Waals surface area contributed by atoms with Gasteiger partial charge in [-0.1, -0.05) is 17.7 Å². The van der Waals surface area contributed by atoms with E-state index >= 15 is 0 Å². The average molecular weight is 548 g/mol. The smallest absolute Gasteiger partial charge is 0.255 e. The molecule has 4 aliphatic heterocycles. The second-order valence-electron chi connectivity index (χ2n) is 10.7. The summed E-state index contributed by atoms with van der Waals surface area (Å²) in [5.41, 5.74) is 10.3. The molecule has 6 rings (SSSR count). The minimum atomic E-state index is -0.633. The lowest BCUT2D eigenvalue weighted by Crippen LogP contribution is -2.52. The number of imide groups is 1. The summed E-state index contributed by atoms with van der Waals surface area (Å²) >= 11 is 5.92. The maximum absolute atomic E-state index is 13.2. The number of fused-ring (bicyclic) bond motifs is 4. The van der Waals surface area contributed by atoms with Crippen molar-refractivity contribution in [1.29, 1.82) is 0 Å². The van der Waals surface area contributed by atoms with Crippen LogP contribution in [0.4, 0.5) is 5.69 Å². The van der Waals surface area contributed by atoms with E-state index in [1.165, 1.54) is 0 Å². The lowest BCUT2D eigenvalue weighted by atomic mass is 9.74. The van der Waals surface area contributed by atoms with Crippen molar-refractivity contribution in [3.63, 3.8) is 0 Å². The summed E-state index contributed by atoms with van der Waals surface area (Å²) < 4.78 is 6.27. The van der Waals surface area contributed by atoms with Gasteiger partial charge in [0.2, 0.25) is 11.8 Å². The largest absolute Gasteiger partial charge is 0.492 e. The number of carbonyl (C=O) groups excluding carboxylic acids is 3. The highest BCUT2D eigenvalue weighted by Crippen LogP contribution is 2.49. The van der Waals surface area contributed by atoms with Gasteiger partial charge in [0.25, 0.3) is 5.91 Å². The van der Waals surface area contributed by atoms with Gasteiger partial charge in [-0.05, 0) is 68.8 Å². The molecule has 39 heavy (non-hydrogen) atoms. The molecule has 0 bridgehead atoms. The lowest BCUT2D eigenvalue weighted by molar-refractivity contribution is -0.136. The van der Waals surface area contributed by atoms with Crippen LogP contribution in [0.5, 0.6) is 5.75 Å². The zero-order chi connectivity index (χ0) is 27.1. The highest BCUT2D eigenvalue weighted by atomic mass is 35.5. The molecule has 4 aliphatic rings. The van der Waals surface area contributed by atoms with E-state index in [0.717, 1.165) is 54.2 Å². The molecule has 0 saturated carbocycles. The number of amides is 3. The van der Waals surface area contributed by atoms with E-state index < -0.39 is 11.9 Å². The van der Waals surface area contributed by atoms with Crippen LogP contribution in [-0.4, -0.2) is 66.0 Å². The molecule has 9 nitrogen and oxygen atoms in total. The Morgan fingerprint density at radius 1 is 1.15 bits per heavy atom. The number of benzene rings is 2. The van der Waals surface area contributed by atoms with Crippen molar-refractivity contribution in [3.05, 3.63) is 69.9 Å². The molecule has 0 aliphatic carbocycles. The fourth-order valence-corrected chi connectivity index (χ4v) is 6.22. The standard InChI is InChI=1S/C29H30ClN5O4/c30-18-1-3-20(4-2-18)32-12-9-19(31)15-34-13-10-29(11-14-34)17-39-26-22-16-35(24-7-8-25(36)33-27(24)37)28(38)21(22)5-6-23(26)29/h1-6,9,12,24H,7-8,10-11,13-17,31H2,(H,33,36,37)/b19-9-,32-12?. The van der Waals surface area contributed by atoms with E-state index in [1.54, 1.807) is 23.2 Å². The minimum absolute atomic E-state index is 0.0967. The van der Waals surface area contributed by atoms with Gasteiger partial charge in [0.1, 0.15) is 11.8 Å². The van der Waals surface area contributed by atoms with E-state index in [4.69, 9.17) is 22.1 Å². The number of rotatable bonds is 5. The van der Waals surface area contributed by atoms with Gasteiger partial charge in [0, 0.05) is 52.0 Å². The van der Waals surface area contributed by atoms with Crippen molar-refractivity contribution < 1.29 is 19.1 Å². The molecule has 3 N–H and O–H groups in total. The Labute approximate surface area is 231 Å². The molecule has 3 amide bonds. The Bertz CT molecular complexity index is 1400. The highest BCUT2D eigenvalue weighted by molar-refractivity contribution is 6.30. The summed E-state index contributed by atoms with van der Waals surface area (Å²) in [6.45, 7) is 3.33. The first-order valence-corrected chi connectivity index (χ1v) is 13.6. The van der Waals surface area contributed by atoms with Gasteiger partial charge >= 0.3 is 0 Å². The minimum Gasteiger partial charge on any atom is -0.492 e. The molecular formula is C29H30ClN5O4. The molecule has 1 unspecified atom stereocenters. The predicted octanol–water partition coefficient (Wildman–Crippen LogP) is 3.07. The first kappa shape index (κ1) is 25.6. The Morgan fingerprint density at radius 3 is 2.67 bits per heavy atom. The Balaban J connectivity index is 1.10. The Morgan fingerprint density at radius 2 is 1.92 bits per heavy atom. The number of allylic oxidation sites excluding steroid dienone is 1. The zero-order valence-corrected chi connectivity index (χ0v) is 22.2. The number of piperidine rings is 2. The second kappa shape index (κ2) is 10.1. The van der Waals surface area contributed by atoms with Gasteiger partial charge < -0.3 is 15.4 Å². The molecule has 2 aromatic rings. The number of likely N-dealkylation sites (tertiary alicyclic amines) is 1. The molecule has 4 heterocycles. The lowest BCUT2D eigenvalue weighted by Gasteiger charge is -2.38. The third kappa shape index (κ3) is 4.81. The van der Waals surface area contributed by atoms with E-state index in [0.29, 0.717) is 36.7 Å². The number of nitrogens with one attached hydrogen (secondary N) is 1. The SMILES string of the molecule is N/C(=C\C=Nc1ccc(Cl)cc1)CN1CCC2(CC1)COc1c2ccc2c1CN(C1CCC(=O)NC1=O)C2=O. The first-order chi connectivity index (χ1) is 18.8. The number of nitrogens with zero attached hydrogens (tertiary/aromatic N) is 3. The quantitative estimate of drug-likeness (QED) is 0.439. The number of hydrogen-bond acceptors (Lipinski definition) is 7. The first-order valence-electron chi connectivity index (χ1n) is 13.2. The Kier molecular flexibility index (Phi) is 6.64. The van der Waals surface area contributed by atoms with Gasteiger partial charge in [-0.2, -0.15) is 0 Å². The average Bonchev–Trinajstić information content (AvgIpc) is 3.45. The van der Waals surface area contributed by atoms with Crippen molar-refractivity contribution >= 4 is 41.2 Å². The number of carbonyl (C=O) groups is 3. The number of ether oxygens (including phenoxy) is 1. The predicted molar refractivity (Wildman–Crippen MR) is 147 cm³/mol. The fourth-order valence-electron chi connectivity index (χ4n) is 6.09. The topological polar surface area (TPSA) is 117 Å². The summed E-state index contributed by atoms with van der Waals surface area (Å²) in [7, 11) is 0. The number of hydrogen-bond donors (Lipinski definition) is 2. The van der Waals surface area contributed by atoms with Gasteiger partial charge in [0.15, 0.2) is 0 Å². The summed E-state index contributed by atoms with van der Waals surface area (Å²) in [5, 5.41) is 3.03. The molecule has 0 aromatic heterocycles. The molecule has 1 atom stereocenters. The Hall–Kier alpha value is -3.69. The van der Waals surface area contributed by atoms with Crippen LogP contribution >= 0.6 is 11.6 Å². The van der Waals surface area contributed by atoms with Crippen LogP contribution in [0.2, 0.25) is 5.02 Å². The van der Waals surface area contributed by atoms with Gasteiger partial charge in [0.05, 0.1) is 18.8 Å². The molecular weight excluding hydrogens is 518 g/mol. The molecule has 2 saturated heterocycles. The fraction of sp³-hybridized carbons (Fsp3) is 0.379. The molecule has 0 radical (unpaired) electrons. The third-order valence-electron chi connectivity index (χ3n) is 8.29. The van der Waals surface area contributed by atoms with Crippen LogP contribution in [0.1, 0.15) is 47.2 Å². The van der Waals surface area contributed by atoms with Crippen molar-refractivity contribution in [2.45, 2.75) is 43.7 Å². The van der Waals surface area contributed by atoms with Crippen molar-refractivity contribution in [2.75, 3.05) is 26.2 Å². The summed E-state index contributed by atoms with van der Waals surface area (Å²) in [6, 6.07) is 10.6. The maximum Gasteiger partial charge on any atom is 0.255 e. The molecule has 202 valence electrons. The van der Waals surface area contributed by atoms with Crippen LogP contribution in [0.25, 0.3) is 0 Å². The van der Waals surface area contributed by atoms with Crippen molar-refractivity contribution in [2.24, 2.45) is 10.7 Å². The molecule has 2 fully saturated rings. The summed E-state index contributed by atoms with van der Waals surface area (Å²) in [4.78, 5) is 45.5. The van der Waals surface area contributed by atoms with Gasteiger partial charge in [-0.15, -0.1) is 0 Å². The second-order valence-corrected chi connectivity index (χ2v) is 11.1. The monoisotopic (exact) mass is 547 g/mol. The van der Waals surface area contributed by atoms with Gasteiger partial charge in [-0.25, -0.2) is 0 Å². The molecule has 10 heteroatoms. The third-order valence-corrected chi connectivity index (χ3v) is 8.54. The highest BCUT2D eigenvalue weighted by Gasteiger charge is 2.47. The van der Waals surface area contributed by atoms with Crippen LogP contribution in [0.3, 0.4) is 0 Å². The number of halogens is 1. The van der Waals surface area contributed by atoms with E-state index in [1.807, 2.05) is 30.3 Å².